The van der Waals surface area contributed by atoms with Crippen LogP contribution in [0.2, 0.25) is 5.15 Å². The molecular formula is C11H6ClF3N2O2. The molecule has 0 bridgehead atoms. The number of alkyl halides is 3. The third-order valence-corrected chi connectivity index (χ3v) is 2.10. The van der Waals surface area contributed by atoms with Crippen LogP contribution in [-0.2, 0) is 0 Å². The predicted octanol–water partition coefficient (Wildman–Crippen LogP) is 3.82. The molecule has 4 nitrogen and oxygen atoms in total. The van der Waals surface area contributed by atoms with Crippen molar-refractivity contribution in [2.45, 2.75) is 6.36 Å². The van der Waals surface area contributed by atoms with Crippen LogP contribution in [0.3, 0.4) is 0 Å². The Hall–Kier alpha value is -2.02. The molecule has 19 heavy (non-hydrogen) atoms. The van der Waals surface area contributed by atoms with Crippen molar-refractivity contribution in [2.24, 2.45) is 0 Å². The average Bonchev–Trinajstić information content (AvgIpc) is 2.33. The van der Waals surface area contributed by atoms with Gasteiger partial charge < -0.3 is 9.47 Å². The van der Waals surface area contributed by atoms with Crippen LogP contribution in [0.15, 0.2) is 36.4 Å². The van der Waals surface area contributed by atoms with Crippen molar-refractivity contribution in [1.29, 1.82) is 0 Å². The van der Waals surface area contributed by atoms with Gasteiger partial charge in [-0.3, -0.25) is 0 Å². The Morgan fingerprint density at radius 3 is 2.21 bits per heavy atom. The van der Waals surface area contributed by atoms with Gasteiger partial charge in [0.15, 0.2) is 16.7 Å². The van der Waals surface area contributed by atoms with E-state index in [1.54, 1.807) is 0 Å². The van der Waals surface area contributed by atoms with Gasteiger partial charge >= 0.3 is 6.36 Å². The molecule has 0 atom stereocenters. The fourth-order valence-electron chi connectivity index (χ4n) is 1.21. The van der Waals surface area contributed by atoms with Crippen LogP contribution in [0, 0.1) is 0 Å². The van der Waals surface area contributed by atoms with Crippen molar-refractivity contribution in [3.63, 3.8) is 0 Å². The molecule has 0 aliphatic heterocycles. The van der Waals surface area contributed by atoms with Crippen LogP contribution >= 0.6 is 11.6 Å². The Balaban J connectivity index is 2.22. The number of rotatable bonds is 3. The first-order valence-corrected chi connectivity index (χ1v) is 5.34. The highest BCUT2D eigenvalue weighted by Crippen LogP contribution is 2.34. The van der Waals surface area contributed by atoms with Crippen LogP contribution in [0.5, 0.6) is 17.4 Å². The smallest absolute Gasteiger partial charge is 0.434 e. The highest BCUT2D eigenvalue weighted by molar-refractivity contribution is 6.29. The Bertz CT molecular complexity index is 561. The molecule has 0 amide bonds. The van der Waals surface area contributed by atoms with Crippen LogP contribution < -0.4 is 9.47 Å². The highest BCUT2D eigenvalue weighted by Gasteiger charge is 2.32. The Morgan fingerprint density at radius 1 is 0.947 bits per heavy atom. The zero-order valence-electron chi connectivity index (χ0n) is 9.19. The molecule has 0 aliphatic carbocycles. The molecule has 0 saturated heterocycles. The number of halogens is 4. The first kappa shape index (κ1) is 13.4. The minimum Gasteiger partial charge on any atom is -0.434 e. The SMILES string of the molecule is FC(F)(F)Oc1ccccc1Oc1ccc(Cl)nn1. The first-order valence-electron chi connectivity index (χ1n) is 4.96. The molecule has 1 heterocycles. The maximum atomic E-state index is 12.2. The van der Waals surface area contributed by atoms with Gasteiger partial charge in [-0.25, -0.2) is 0 Å². The number of nitrogens with zero attached hydrogens (tertiary/aromatic N) is 2. The Kier molecular flexibility index (Phi) is 3.75. The Morgan fingerprint density at radius 2 is 1.63 bits per heavy atom. The molecule has 0 radical (unpaired) electrons. The average molecular weight is 291 g/mol. The molecule has 2 aromatic rings. The lowest BCUT2D eigenvalue weighted by Gasteiger charge is -2.12. The number of para-hydroxylation sites is 2. The second kappa shape index (κ2) is 5.31. The van der Waals surface area contributed by atoms with Crippen LogP contribution in [0.25, 0.3) is 0 Å². The zero-order valence-corrected chi connectivity index (χ0v) is 9.94. The molecule has 0 saturated carbocycles. The minimum atomic E-state index is -4.80. The molecular weight excluding hydrogens is 285 g/mol. The van der Waals surface area contributed by atoms with E-state index in [9.17, 15) is 13.2 Å². The summed E-state index contributed by atoms with van der Waals surface area (Å²) in [6.45, 7) is 0. The molecule has 0 aliphatic rings. The quantitative estimate of drug-likeness (QED) is 0.862. The summed E-state index contributed by atoms with van der Waals surface area (Å²) in [5, 5.41) is 7.22. The summed E-state index contributed by atoms with van der Waals surface area (Å²) >= 11 is 5.53. The molecule has 8 heteroatoms. The third kappa shape index (κ3) is 3.99. The highest BCUT2D eigenvalue weighted by atomic mass is 35.5. The monoisotopic (exact) mass is 290 g/mol. The van der Waals surface area contributed by atoms with Crippen molar-refractivity contribution < 1.29 is 22.6 Å². The maximum Gasteiger partial charge on any atom is 0.573 e. The standard InChI is InChI=1S/C11H6ClF3N2O2/c12-9-5-6-10(17-16-9)18-7-3-1-2-4-8(7)19-11(13,14)15/h1-6H. The maximum absolute atomic E-state index is 12.2. The van der Waals surface area contributed by atoms with Gasteiger partial charge in [0, 0.05) is 6.07 Å². The van der Waals surface area contributed by atoms with Crippen molar-refractivity contribution in [3.8, 4) is 17.4 Å². The normalized spacial score (nSPS) is 11.2. The van der Waals surface area contributed by atoms with Crippen molar-refractivity contribution in [3.05, 3.63) is 41.6 Å². The van der Waals surface area contributed by atoms with Crippen molar-refractivity contribution in [1.82, 2.24) is 10.2 Å². The van der Waals surface area contributed by atoms with E-state index in [1.807, 2.05) is 0 Å². The summed E-state index contributed by atoms with van der Waals surface area (Å²) in [6, 6.07) is 8.11. The van der Waals surface area contributed by atoms with E-state index in [2.05, 4.69) is 14.9 Å². The van der Waals surface area contributed by atoms with Gasteiger partial charge in [-0.05, 0) is 18.2 Å². The van der Waals surface area contributed by atoms with E-state index in [0.29, 0.717) is 0 Å². The van der Waals surface area contributed by atoms with E-state index in [4.69, 9.17) is 16.3 Å². The van der Waals surface area contributed by atoms with Gasteiger partial charge in [-0.2, -0.15) is 0 Å². The van der Waals surface area contributed by atoms with E-state index < -0.39 is 12.1 Å². The molecule has 2 rings (SSSR count). The van der Waals surface area contributed by atoms with Gasteiger partial charge in [-0.1, -0.05) is 23.7 Å². The summed E-state index contributed by atoms with van der Waals surface area (Å²) < 4.78 is 45.6. The molecule has 100 valence electrons. The molecule has 1 aromatic carbocycles. The van der Waals surface area contributed by atoms with Gasteiger partial charge in [0.2, 0.25) is 5.88 Å². The molecule has 0 fully saturated rings. The summed E-state index contributed by atoms with van der Waals surface area (Å²) in [6.07, 6.45) is -4.80. The molecule has 0 spiro atoms. The third-order valence-electron chi connectivity index (χ3n) is 1.90. The van der Waals surface area contributed by atoms with Gasteiger partial charge in [-0.15, -0.1) is 23.4 Å². The summed E-state index contributed by atoms with van der Waals surface area (Å²) in [5.41, 5.74) is 0. The summed E-state index contributed by atoms with van der Waals surface area (Å²) in [4.78, 5) is 0. The fourth-order valence-corrected chi connectivity index (χ4v) is 1.32. The van der Waals surface area contributed by atoms with E-state index in [-0.39, 0.29) is 16.8 Å². The van der Waals surface area contributed by atoms with Gasteiger partial charge in [0.25, 0.3) is 0 Å². The lowest BCUT2D eigenvalue weighted by atomic mass is 10.3. The number of benzene rings is 1. The van der Waals surface area contributed by atoms with E-state index in [0.717, 1.165) is 6.07 Å². The summed E-state index contributed by atoms with van der Waals surface area (Å²) in [5.74, 6) is -0.592. The number of aromatic nitrogens is 2. The van der Waals surface area contributed by atoms with Crippen LogP contribution in [-0.4, -0.2) is 16.6 Å². The molecule has 1 aromatic heterocycles. The number of ether oxygens (including phenoxy) is 2. The Labute approximate surface area is 110 Å². The second-order valence-electron chi connectivity index (χ2n) is 3.29. The van der Waals surface area contributed by atoms with Crippen molar-refractivity contribution >= 4 is 11.6 Å². The second-order valence-corrected chi connectivity index (χ2v) is 3.68. The minimum absolute atomic E-state index is 0.00243. The van der Waals surface area contributed by atoms with Gasteiger partial charge in [0.1, 0.15) is 0 Å². The summed E-state index contributed by atoms with van der Waals surface area (Å²) in [7, 11) is 0. The predicted molar refractivity (Wildman–Crippen MR) is 60.2 cm³/mol. The first-order chi connectivity index (χ1) is 8.94. The molecule has 0 unspecified atom stereocenters. The largest absolute Gasteiger partial charge is 0.573 e. The fraction of sp³-hybridized carbons (Fsp3) is 0.0909. The van der Waals surface area contributed by atoms with Gasteiger partial charge in [0.05, 0.1) is 0 Å². The zero-order chi connectivity index (χ0) is 13.9. The van der Waals surface area contributed by atoms with E-state index in [1.165, 1.54) is 30.3 Å². The number of hydrogen-bond acceptors (Lipinski definition) is 4. The topological polar surface area (TPSA) is 44.2 Å². The van der Waals surface area contributed by atoms with Crippen LogP contribution in [0.1, 0.15) is 0 Å². The van der Waals surface area contributed by atoms with Crippen LogP contribution in [0.4, 0.5) is 13.2 Å². The van der Waals surface area contributed by atoms with Crippen molar-refractivity contribution in [2.75, 3.05) is 0 Å². The lowest BCUT2D eigenvalue weighted by molar-refractivity contribution is -0.275. The lowest BCUT2D eigenvalue weighted by Crippen LogP contribution is -2.17. The molecule has 0 N–H and O–H groups in total. The van der Waals surface area contributed by atoms with E-state index >= 15 is 0 Å². The number of hydrogen-bond donors (Lipinski definition) is 0.